The Hall–Kier alpha value is -3.46. The molecule has 0 aliphatic heterocycles. The molecule has 0 fully saturated rings. The van der Waals surface area contributed by atoms with Crippen molar-refractivity contribution in [3.8, 4) is 16.9 Å². The van der Waals surface area contributed by atoms with Crippen LogP contribution in [-0.4, -0.2) is 36.6 Å². The van der Waals surface area contributed by atoms with E-state index in [1.54, 1.807) is 40.8 Å². The lowest BCUT2D eigenvalue weighted by Gasteiger charge is -2.13. The number of hydrogen-bond donors (Lipinski definition) is 2. The molecular formula is C19H19FN6O2. The van der Waals surface area contributed by atoms with Crippen LogP contribution < -0.4 is 10.1 Å². The van der Waals surface area contributed by atoms with Crippen molar-refractivity contribution >= 4 is 11.5 Å². The number of ether oxygens (including phenoxy) is 1. The van der Waals surface area contributed by atoms with E-state index in [1.165, 1.54) is 13.2 Å². The number of rotatable bonds is 6. The van der Waals surface area contributed by atoms with E-state index >= 15 is 0 Å². The topological polar surface area (TPSA) is 89.5 Å². The Morgan fingerprint density at radius 2 is 2.07 bits per heavy atom. The first-order chi connectivity index (χ1) is 13.6. The molecule has 0 aliphatic carbocycles. The van der Waals surface area contributed by atoms with E-state index < -0.39 is 0 Å². The predicted molar refractivity (Wildman–Crippen MR) is 101 cm³/mol. The number of pyridine rings is 1. The van der Waals surface area contributed by atoms with Crippen LogP contribution in [0.2, 0.25) is 0 Å². The van der Waals surface area contributed by atoms with Gasteiger partial charge in [0.1, 0.15) is 23.7 Å². The van der Waals surface area contributed by atoms with Gasteiger partial charge >= 0.3 is 0 Å². The Morgan fingerprint density at radius 1 is 1.21 bits per heavy atom. The minimum absolute atomic E-state index is 0.140. The third kappa shape index (κ3) is 2.95. The fourth-order valence-electron chi connectivity index (χ4n) is 3.22. The van der Waals surface area contributed by atoms with Gasteiger partial charge in [0.2, 0.25) is 0 Å². The zero-order chi connectivity index (χ0) is 19.7. The molecule has 0 aliphatic rings. The van der Waals surface area contributed by atoms with Crippen LogP contribution in [0, 0.1) is 5.82 Å². The molecule has 8 nitrogen and oxygen atoms in total. The maximum absolute atomic E-state index is 14.2. The SMILES string of the molecule is COc1cccc(F)c1CNc1ccc(-c2cnn(C)c2CO)c2nncn12. The van der Waals surface area contributed by atoms with Crippen LogP contribution in [0.5, 0.6) is 5.75 Å². The highest BCUT2D eigenvalue weighted by atomic mass is 19.1. The fourth-order valence-corrected chi connectivity index (χ4v) is 3.22. The minimum Gasteiger partial charge on any atom is -0.496 e. The molecule has 0 unspecified atom stereocenters. The van der Waals surface area contributed by atoms with Crippen LogP contribution in [0.3, 0.4) is 0 Å². The molecule has 0 bridgehead atoms. The second-order valence-electron chi connectivity index (χ2n) is 6.22. The van der Waals surface area contributed by atoms with E-state index in [1.807, 2.05) is 12.1 Å². The van der Waals surface area contributed by atoms with Gasteiger partial charge in [0, 0.05) is 30.3 Å². The van der Waals surface area contributed by atoms with Gasteiger partial charge in [-0.15, -0.1) is 10.2 Å². The summed E-state index contributed by atoms with van der Waals surface area (Å²) in [4.78, 5) is 0. The summed E-state index contributed by atoms with van der Waals surface area (Å²) in [5.74, 6) is 0.835. The van der Waals surface area contributed by atoms with Gasteiger partial charge in [-0.2, -0.15) is 5.10 Å². The molecule has 0 amide bonds. The van der Waals surface area contributed by atoms with Gasteiger partial charge in [-0.05, 0) is 24.3 Å². The van der Waals surface area contributed by atoms with Crippen molar-refractivity contribution in [3.63, 3.8) is 0 Å². The zero-order valence-corrected chi connectivity index (χ0v) is 15.4. The summed E-state index contributed by atoms with van der Waals surface area (Å²) in [6.45, 7) is 0.0937. The van der Waals surface area contributed by atoms with Crippen LogP contribution >= 0.6 is 0 Å². The number of aliphatic hydroxyl groups excluding tert-OH is 1. The van der Waals surface area contributed by atoms with Gasteiger partial charge < -0.3 is 15.2 Å². The van der Waals surface area contributed by atoms with E-state index in [-0.39, 0.29) is 19.0 Å². The fraction of sp³-hybridized carbons (Fsp3) is 0.211. The molecule has 3 heterocycles. The summed E-state index contributed by atoms with van der Waals surface area (Å²) in [7, 11) is 3.28. The van der Waals surface area contributed by atoms with Crippen molar-refractivity contribution in [1.82, 2.24) is 24.4 Å². The summed E-state index contributed by atoms with van der Waals surface area (Å²) < 4.78 is 22.8. The van der Waals surface area contributed by atoms with Gasteiger partial charge in [-0.1, -0.05) is 6.07 Å². The maximum atomic E-state index is 14.2. The molecule has 1 aromatic carbocycles. The van der Waals surface area contributed by atoms with Crippen molar-refractivity contribution in [3.05, 3.63) is 59.9 Å². The highest BCUT2D eigenvalue weighted by Crippen LogP contribution is 2.29. The summed E-state index contributed by atoms with van der Waals surface area (Å²) in [5.41, 5.74) is 3.30. The number of aromatic nitrogens is 5. The first-order valence-electron chi connectivity index (χ1n) is 8.64. The number of hydrogen-bond acceptors (Lipinski definition) is 6. The third-order valence-electron chi connectivity index (χ3n) is 4.70. The number of methoxy groups -OCH3 is 1. The molecule has 144 valence electrons. The number of aliphatic hydroxyl groups is 1. The predicted octanol–water partition coefficient (Wildman–Crippen LogP) is 2.38. The normalized spacial score (nSPS) is 11.1. The van der Waals surface area contributed by atoms with Crippen molar-refractivity contribution < 1.29 is 14.2 Å². The van der Waals surface area contributed by atoms with Crippen molar-refractivity contribution in [2.24, 2.45) is 7.05 Å². The van der Waals surface area contributed by atoms with E-state index in [2.05, 4.69) is 20.6 Å². The molecule has 0 saturated heterocycles. The summed E-state index contributed by atoms with van der Waals surface area (Å²) in [5, 5.41) is 25.3. The molecule has 0 atom stereocenters. The number of nitrogens with zero attached hydrogens (tertiary/aromatic N) is 5. The first-order valence-corrected chi connectivity index (χ1v) is 8.64. The van der Waals surface area contributed by atoms with Crippen molar-refractivity contribution in [1.29, 1.82) is 0 Å². The van der Waals surface area contributed by atoms with Gasteiger partial charge in [-0.3, -0.25) is 9.08 Å². The van der Waals surface area contributed by atoms with E-state index in [0.29, 0.717) is 28.5 Å². The van der Waals surface area contributed by atoms with E-state index in [9.17, 15) is 9.50 Å². The molecule has 4 aromatic rings. The zero-order valence-electron chi connectivity index (χ0n) is 15.4. The van der Waals surface area contributed by atoms with Gasteiger partial charge in [-0.25, -0.2) is 4.39 Å². The van der Waals surface area contributed by atoms with Crippen LogP contribution in [0.25, 0.3) is 16.8 Å². The number of anilines is 1. The number of benzene rings is 1. The highest BCUT2D eigenvalue weighted by molar-refractivity contribution is 5.80. The minimum atomic E-state index is -0.341. The number of halogens is 1. The number of aryl methyl sites for hydroxylation is 1. The lowest BCUT2D eigenvalue weighted by Crippen LogP contribution is -2.07. The number of fused-ring (bicyclic) bond motifs is 1. The highest BCUT2D eigenvalue weighted by Gasteiger charge is 2.16. The van der Waals surface area contributed by atoms with Crippen LogP contribution in [-0.2, 0) is 20.2 Å². The van der Waals surface area contributed by atoms with Crippen LogP contribution in [0.1, 0.15) is 11.3 Å². The monoisotopic (exact) mass is 382 g/mol. The third-order valence-corrected chi connectivity index (χ3v) is 4.70. The van der Waals surface area contributed by atoms with Gasteiger partial charge in [0.05, 0.1) is 25.6 Å². The Kier molecular flexibility index (Phi) is 4.66. The number of nitrogens with one attached hydrogen (secondary N) is 1. The molecule has 3 aromatic heterocycles. The van der Waals surface area contributed by atoms with Crippen LogP contribution in [0.15, 0.2) is 42.9 Å². The average Bonchev–Trinajstić information content (AvgIpc) is 3.33. The molecule has 0 saturated carbocycles. The molecule has 0 spiro atoms. The largest absolute Gasteiger partial charge is 0.496 e. The molecule has 4 rings (SSSR count). The molecule has 0 radical (unpaired) electrons. The lowest BCUT2D eigenvalue weighted by atomic mass is 10.1. The lowest BCUT2D eigenvalue weighted by molar-refractivity contribution is 0.271. The quantitative estimate of drug-likeness (QED) is 0.532. The Morgan fingerprint density at radius 3 is 2.86 bits per heavy atom. The maximum Gasteiger partial charge on any atom is 0.170 e. The standard InChI is InChI=1S/C19H19FN6O2/c1-25-16(10-27)13(9-23-25)12-6-7-18(26-11-22-24-19(12)26)21-8-14-15(20)4-3-5-17(14)28-2/h3-7,9,11,21,27H,8,10H2,1-2H3. The van der Waals surface area contributed by atoms with E-state index in [0.717, 1.165) is 11.1 Å². The summed E-state index contributed by atoms with van der Waals surface area (Å²) >= 11 is 0. The Balaban J connectivity index is 1.71. The second kappa shape index (κ2) is 7.28. The summed E-state index contributed by atoms with van der Waals surface area (Å²) in [6, 6.07) is 8.46. The van der Waals surface area contributed by atoms with Gasteiger partial charge in [0.25, 0.3) is 0 Å². The molecule has 2 N–H and O–H groups in total. The second-order valence-corrected chi connectivity index (χ2v) is 6.22. The Bertz CT molecular complexity index is 1140. The van der Waals surface area contributed by atoms with Crippen LogP contribution in [0.4, 0.5) is 10.2 Å². The Labute approximate surface area is 160 Å². The first kappa shape index (κ1) is 17.9. The summed E-state index contributed by atoms with van der Waals surface area (Å²) in [6.07, 6.45) is 3.27. The molecule has 9 heteroatoms. The molecular weight excluding hydrogens is 363 g/mol. The van der Waals surface area contributed by atoms with Crippen molar-refractivity contribution in [2.75, 3.05) is 12.4 Å². The average molecular weight is 382 g/mol. The van der Waals surface area contributed by atoms with Gasteiger partial charge in [0.15, 0.2) is 5.65 Å². The smallest absolute Gasteiger partial charge is 0.170 e. The molecule has 28 heavy (non-hydrogen) atoms. The van der Waals surface area contributed by atoms with E-state index in [4.69, 9.17) is 4.74 Å². The van der Waals surface area contributed by atoms with Crippen molar-refractivity contribution in [2.45, 2.75) is 13.2 Å².